The summed E-state index contributed by atoms with van der Waals surface area (Å²) in [6.07, 6.45) is 0. The maximum absolute atomic E-state index is 13.1. The van der Waals surface area contributed by atoms with E-state index >= 15 is 0 Å². The molecule has 0 saturated carbocycles. The zero-order chi connectivity index (χ0) is 12.6. The van der Waals surface area contributed by atoms with E-state index in [4.69, 9.17) is 15.3 Å². The van der Waals surface area contributed by atoms with Crippen molar-refractivity contribution in [3.63, 3.8) is 0 Å². The van der Waals surface area contributed by atoms with Gasteiger partial charge in [0.05, 0.1) is 5.56 Å². The Labute approximate surface area is 89.5 Å². The molecule has 1 aromatic rings. The lowest BCUT2D eigenvalue weighted by Crippen LogP contribution is -2.20. The number of hydrogen-bond donors (Lipinski definition) is 3. The number of benzene rings is 1. The van der Waals surface area contributed by atoms with Gasteiger partial charge in [-0.2, -0.15) is 4.39 Å². The van der Waals surface area contributed by atoms with Gasteiger partial charge in [0.2, 0.25) is 5.82 Å². The molecule has 1 unspecified atom stereocenters. The first-order valence-corrected chi connectivity index (χ1v) is 4.32. The summed E-state index contributed by atoms with van der Waals surface area (Å²) >= 11 is 0. The van der Waals surface area contributed by atoms with E-state index in [9.17, 15) is 18.4 Å². The number of phenolic OH excluding ortho intramolecular Hbond substituents is 1. The topological polar surface area (TPSA) is 94.8 Å². The van der Waals surface area contributed by atoms with Gasteiger partial charge in [-0.3, -0.25) is 0 Å². The number of aromatic carboxylic acids is 2. The van der Waals surface area contributed by atoms with Crippen LogP contribution in [0.25, 0.3) is 0 Å². The minimum absolute atomic E-state index is 0.621. The van der Waals surface area contributed by atoms with E-state index in [2.05, 4.69) is 0 Å². The van der Waals surface area contributed by atoms with Crippen molar-refractivity contribution in [1.82, 2.24) is 0 Å². The second-order valence-electron chi connectivity index (χ2n) is 2.75. The van der Waals surface area contributed by atoms with Gasteiger partial charge >= 0.3 is 11.9 Å². The number of carbonyl (C=O) groups is 2. The molecular formula is C8H5F2O5P. The van der Waals surface area contributed by atoms with Gasteiger partial charge in [0.15, 0.2) is 11.6 Å². The van der Waals surface area contributed by atoms with Gasteiger partial charge in [0.1, 0.15) is 5.56 Å². The fourth-order valence-electron chi connectivity index (χ4n) is 1.12. The van der Waals surface area contributed by atoms with Crippen molar-refractivity contribution in [1.29, 1.82) is 0 Å². The Kier molecular flexibility index (Phi) is 3.09. The molecule has 5 nitrogen and oxygen atoms in total. The summed E-state index contributed by atoms with van der Waals surface area (Å²) in [7, 11) is 1.65. The third kappa shape index (κ3) is 1.69. The Bertz CT molecular complexity index is 455. The molecule has 0 aliphatic heterocycles. The first-order valence-electron chi connectivity index (χ1n) is 3.75. The van der Waals surface area contributed by atoms with Gasteiger partial charge in [-0.25, -0.2) is 14.0 Å². The normalized spacial score (nSPS) is 10.2. The SMILES string of the molecule is O=C(O)c1c(F)c(F)c(O)c(P)c1C(=O)O. The number of rotatable bonds is 2. The Morgan fingerprint density at radius 2 is 1.44 bits per heavy atom. The van der Waals surface area contributed by atoms with E-state index in [1.807, 2.05) is 0 Å². The molecule has 3 N–H and O–H groups in total. The van der Waals surface area contributed by atoms with Crippen LogP contribution in [0, 0.1) is 11.6 Å². The highest BCUT2D eigenvalue weighted by Gasteiger charge is 2.29. The van der Waals surface area contributed by atoms with Crippen molar-refractivity contribution in [3.05, 3.63) is 22.8 Å². The van der Waals surface area contributed by atoms with Crippen molar-refractivity contribution in [2.75, 3.05) is 0 Å². The van der Waals surface area contributed by atoms with Crippen LogP contribution in [0.4, 0.5) is 8.78 Å². The first kappa shape index (κ1) is 12.3. The predicted octanol–water partition coefficient (Wildman–Crippen LogP) is 0.567. The molecule has 0 aliphatic carbocycles. The summed E-state index contributed by atoms with van der Waals surface area (Å²) in [6, 6.07) is 0. The molecule has 0 amide bonds. The molecule has 0 spiro atoms. The average Bonchev–Trinajstić information content (AvgIpc) is 2.18. The molecule has 1 aromatic carbocycles. The largest absolute Gasteiger partial charge is 0.504 e. The molecule has 0 heterocycles. The van der Waals surface area contributed by atoms with Crippen molar-refractivity contribution in [2.24, 2.45) is 0 Å². The number of carboxylic acids is 2. The Morgan fingerprint density at radius 1 is 1.00 bits per heavy atom. The van der Waals surface area contributed by atoms with Crippen LogP contribution in [-0.2, 0) is 0 Å². The zero-order valence-corrected chi connectivity index (χ0v) is 8.65. The molecule has 0 aromatic heterocycles. The van der Waals surface area contributed by atoms with Crippen LogP contribution in [-0.4, -0.2) is 27.3 Å². The third-order valence-electron chi connectivity index (χ3n) is 1.82. The highest BCUT2D eigenvalue weighted by molar-refractivity contribution is 7.28. The van der Waals surface area contributed by atoms with E-state index in [0.717, 1.165) is 0 Å². The fraction of sp³-hybridized carbons (Fsp3) is 0. The van der Waals surface area contributed by atoms with E-state index in [1.54, 1.807) is 9.24 Å². The van der Waals surface area contributed by atoms with Crippen LogP contribution >= 0.6 is 9.24 Å². The Morgan fingerprint density at radius 3 is 1.81 bits per heavy atom. The van der Waals surface area contributed by atoms with Crippen molar-refractivity contribution in [2.45, 2.75) is 0 Å². The average molecular weight is 250 g/mol. The van der Waals surface area contributed by atoms with Gasteiger partial charge in [0, 0.05) is 5.30 Å². The summed E-state index contributed by atoms with van der Waals surface area (Å²) in [6.45, 7) is 0. The lowest BCUT2D eigenvalue weighted by molar-refractivity contribution is 0.0646. The molecule has 0 fully saturated rings. The second-order valence-corrected chi connectivity index (χ2v) is 3.33. The lowest BCUT2D eigenvalue weighted by Gasteiger charge is -2.09. The van der Waals surface area contributed by atoms with E-state index in [0.29, 0.717) is 0 Å². The highest BCUT2D eigenvalue weighted by Crippen LogP contribution is 2.25. The molecule has 0 radical (unpaired) electrons. The monoisotopic (exact) mass is 250 g/mol. The number of aromatic hydroxyl groups is 1. The Hall–Kier alpha value is -1.75. The summed E-state index contributed by atoms with van der Waals surface area (Å²) in [5, 5.41) is 25.6. The van der Waals surface area contributed by atoms with Crippen molar-refractivity contribution < 1.29 is 33.7 Å². The maximum Gasteiger partial charge on any atom is 0.339 e. The lowest BCUT2D eigenvalue weighted by atomic mass is 10.1. The van der Waals surface area contributed by atoms with Gasteiger partial charge in [-0.15, -0.1) is 9.24 Å². The van der Waals surface area contributed by atoms with Gasteiger partial charge < -0.3 is 15.3 Å². The van der Waals surface area contributed by atoms with Crippen LogP contribution in [0.1, 0.15) is 20.7 Å². The summed E-state index contributed by atoms with van der Waals surface area (Å²) in [5.74, 6) is -8.67. The summed E-state index contributed by atoms with van der Waals surface area (Å²) in [4.78, 5) is 21.3. The van der Waals surface area contributed by atoms with E-state index in [1.165, 1.54) is 0 Å². The third-order valence-corrected chi connectivity index (χ3v) is 2.38. The molecule has 8 heteroatoms. The number of halogens is 2. The standard InChI is InChI=1S/C8H5F2O5P/c9-3-1(7(12)13)2(8(14)15)6(16)5(11)4(3)10/h11H,16H2,(H,12,13)(H,14,15). The molecule has 0 bridgehead atoms. The molecule has 16 heavy (non-hydrogen) atoms. The maximum atomic E-state index is 13.1. The first-order chi connectivity index (χ1) is 7.29. The minimum atomic E-state index is -1.93. The molecule has 86 valence electrons. The quantitative estimate of drug-likeness (QED) is 0.667. The van der Waals surface area contributed by atoms with Gasteiger partial charge in [-0.05, 0) is 0 Å². The number of phenols is 1. The van der Waals surface area contributed by atoms with Crippen molar-refractivity contribution >= 4 is 26.5 Å². The second kappa shape index (κ2) is 4.02. The van der Waals surface area contributed by atoms with Crippen molar-refractivity contribution in [3.8, 4) is 5.75 Å². The molecular weight excluding hydrogens is 245 g/mol. The molecule has 1 atom stereocenters. The highest BCUT2D eigenvalue weighted by atomic mass is 31.0. The van der Waals surface area contributed by atoms with E-state index < -0.39 is 45.8 Å². The molecule has 1 rings (SSSR count). The van der Waals surface area contributed by atoms with Crippen LogP contribution in [0.3, 0.4) is 0 Å². The number of hydrogen-bond acceptors (Lipinski definition) is 3. The fourth-order valence-corrected chi connectivity index (χ4v) is 1.51. The minimum Gasteiger partial charge on any atom is -0.504 e. The Balaban J connectivity index is 3.83. The zero-order valence-electron chi connectivity index (χ0n) is 7.49. The molecule has 0 aliphatic rings. The van der Waals surface area contributed by atoms with Crippen LogP contribution in [0.2, 0.25) is 0 Å². The van der Waals surface area contributed by atoms with E-state index in [-0.39, 0.29) is 0 Å². The molecule has 0 saturated heterocycles. The van der Waals surface area contributed by atoms with Crippen LogP contribution in [0.15, 0.2) is 0 Å². The van der Waals surface area contributed by atoms with Gasteiger partial charge in [-0.1, -0.05) is 0 Å². The van der Waals surface area contributed by atoms with Gasteiger partial charge in [0.25, 0.3) is 0 Å². The summed E-state index contributed by atoms with van der Waals surface area (Å²) in [5.41, 5.74) is -2.33. The number of carboxylic acid groups (broad SMARTS) is 2. The van der Waals surface area contributed by atoms with Crippen LogP contribution < -0.4 is 5.30 Å². The predicted molar refractivity (Wildman–Crippen MR) is 51.3 cm³/mol. The van der Waals surface area contributed by atoms with Crippen LogP contribution in [0.5, 0.6) is 5.75 Å². The smallest absolute Gasteiger partial charge is 0.339 e. The summed E-state index contributed by atoms with van der Waals surface area (Å²) < 4.78 is 26.1.